The number of carbonyl (C=O) groups is 1. The maximum absolute atomic E-state index is 9.83. The zero-order chi connectivity index (χ0) is 10.4. The molecule has 0 aromatic heterocycles. The molecule has 0 aliphatic heterocycles. The van der Waals surface area contributed by atoms with Crippen molar-refractivity contribution in [3.63, 3.8) is 0 Å². The Labute approximate surface area is 103 Å². The van der Waals surface area contributed by atoms with Gasteiger partial charge >= 0.3 is 0 Å². The fourth-order valence-corrected chi connectivity index (χ4v) is 1.57. The van der Waals surface area contributed by atoms with Crippen molar-refractivity contribution >= 4 is 6.79 Å². The van der Waals surface area contributed by atoms with Crippen molar-refractivity contribution in [2.24, 2.45) is 0 Å². The van der Waals surface area contributed by atoms with Crippen LogP contribution in [0.15, 0.2) is 47.6 Å². The first kappa shape index (κ1) is 14.2. The fraction of sp³-hybridized carbons (Fsp3) is 0.250. The number of hydrogen-bond donors (Lipinski definition) is 1. The van der Waals surface area contributed by atoms with Crippen LogP contribution in [0.3, 0.4) is 0 Å². The molecule has 2 aliphatic rings. The van der Waals surface area contributed by atoms with Crippen molar-refractivity contribution in [2.45, 2.75) is 18.9 Å². The summed E-state index contributed by atoms with van der Waals surface area (Å²) < 4.78 is 0. The summed E-state index contributed by atoms with van der Waals surface area (Å²) in [6.45, 7) is 2.00. The van der Waals surface area contributed by atoms with Gasteiger partial charge < -0.3 is 9.90 Å². The third-order valence-corrected chi connectivity index (χ3v) is 2.30. The Bertz CT molecular complexity index is 284. The Hall–Kier alpha value is -0.787. The quantitative estimate of drug-likeness (QED) is 0.789. The van der Waals surface area contributed by atoms with Gasteiger partial charge in [-0.2, -0.15) is 0 Å². The summed E-state index contributed by atoms with van der Waals surface area (Å²) in [5.74, 6) is 0. The summed E-state index contributed by atoms with van der Waals surface area (Å²) in [6, 6.07) is 0. The van der Waals surface area contributed by atoms with Crippen LogP contribution in [-0.2, 0) is 24.3 Å². The van der Waals surface area contributed by atoms with Crippen molar-refractivity contribution in [3.8, 4) is 0 Å². The predicted molar refractivity (Wildman–Crippen MR) is 56.8 cm³/mol. The molecule has 0 bridgehead atoms. The van der Waals surface area contributed by atoms with E-state index in [0.29, 0.717) is 0 Å². The molecule has 2 aliphatic carbocycles. The second-order valence-electron chi connectivity index (χ2n) is 3.15. The minimum absolute atomic E-state index is 0. The summed E-state index contributed by atoms with van der Waals surface area (Å²) in [4.78, 5) is 8.00. The second-order valence-corrected chi connectivity index (χ2v) is 3.15. The molecule has 0 unspecified atom stereocenters. The van der Waals surface area contributed by atoms with E-state index in [0.717, 1.165) is 24.0 Å². The molecule has 0 amide bonds. The van der Waals surface area contributed by atoms with Crippen LogP contribution in [0.5, 0.6) is 0 Å². The van der Waals surface area contributed by atoms with Gasteiger partial charge in [0.1, 0.15) is 6.79 Å². The van der Waals surface area contributed by atoms with Crippen LogP contribution >= 0.6 is 0 Å². The number of aliphatic hydroxyl groups excluding tert-OH is 1. The van der Waals surface area contributed by atoms with E-state index >= 15 is 0 Å². The predicted octanol–water partition coefficient (Wildman–Crippen LogP) is 1.93. The summed E-state index contributed by atoms with van der Waals surface area (Å²) >= 11 is 0. The standard InChI is InChI=1S/C11H12O.CH2O.Ru/c12-11(9-5-1-2-6-9)10-7-3-4-8-10;1-2;/h1-5,7,11-12H,6,8H2;1H2;. The molecule has 0 heterocycles. The van der Waals surface area contributed by atoms with Crippen LogP contribution in [0.1, 0.15) is 12.8 Å². The number of allylic oxidation sites excluding steroid dienone is 6. The third-order valence-electron chi connectivity index (χ3n) is 2.30. The maximum Gasteiger partial charge on any atom is 0.106 e. The van der Waals surface area contributed by atoms with Gasteiger partial charge in [0.05, 0.1) is 6.10 Å². The van der Waals surface area contributed by atoms with Gasteiger partial charge in [0, 0.05) is 19.5 Å². The van der Waals surface area contributed by atoms with Crippen molar-refractivity contribution < 1.29 is 29.4 Å². The van der Waals surface area contributed by atoms with E-state index in [-0.39, 0.29) is 25.6 Å². The smallest absolute Gasteiger partial charge is 0.106 e. The molecule has 2 nitrogen and oxygen atoms in total. The molecule has 3 heteroatoms. The summed E-state index contributed by atoms with van der Waals surface area (Å²) in [5.41, 5.74) is 2.23. The Morgan fingerprint density at radius 3 is 1.73 bits per heavy atom. The van der Waals surface area contributed by atoms with Crippen LogP contribution < -0.4 is 0 Å². The molecule has 0 spiro atoms. The molecular formula is C12H14O2Ru. The number of rotatable bonds is 2. The van der Waals surface area contributed by atoms with Gasteiger partial charge in [-0.3, -0.25) is 0 Å². The van der Waals surface area contributed by atoms with Crippen LogP contribution in [-0.4, -0.2) is 18.0 Å². The van der Waals surface area contributed by atoms with E-state index in [2.05, 4.69) is 12.2 Å². The molecule has 0 fully saturated rings. The maximum atomic E-state index is 9.83. The SMILES string of the molecule is C=O.OC(C1=CC=CC1)C1=CC=CC1.[Ru]. The summed E-state index contributed by atoms with van der Waals surface area (Å²) in [7, 11) is 0. The average Bonchev–Trinajstić information content (AvgIpc) is 2.93. The number of carbonyl (C=O) groups excluding carboxylic acids is 1. The van der Waals surface area contributed by atoms with Gasteiger partial charge in [-0.15, -0.1) is 0 Å². The molecule has 0 atom stereocenters. The molecule has 2 rings (SSSR count). The Morgan fingerprint density at radius 1 is 1.07 bits per heavy atom. The minimum atomic E-state index is -0.352. The Balaban J connectivity index is 0.000000617. The van der Waals surface area contributed by atoms with Gasteiger partial charge in [-0.25, -0.2) is 0 Å². The van der Waals surface area contributed by atoms with Crippen LogP contribution in [0.4, 0.5) is 0 Å². The van der Waals surface area contributed by atoms with Gasteiger partial charge in [-0.1, -0.05) is 36.5 Å². The number of hydrogen-bond acceptors (Lipinski definition) is 2. The van der Waals surface area contributed by atoms with E-state index in [1.165, 1.54) is 0 Å². The van der Waals surface area contributed by atoms with E-state index in [9.17, 15) is 5.11 Å². The van der Waals surface area contributed by atoms with Crippen molar-refractivity contribution in [1.29, 1.82) is 0 Å². The van der Waals surface area contributed by atoms with Gasteiger partial charge in [-0.05, 0) is 24.0 Å². The van der Waals surface area contributed by atoms with Crippen molar-refractivity contribution in [2.75, 3.05) is 0 Å². The first-order valence-corrected chi connectivity index (χ1v) is 4.56. The fourth-order valence-electron chi connectivity index (χ4n) is 1.57. The topological polar surface area (TPSA) is 37.3 Å². The molecule has 82 valence electrons. The number of aliphatic hydroxyl groups is 1. The third kappa shape index (κ3) is 3.69. The molecule has 0 saturated carbocycles. The zero-order valence-electron chi connectivity index (χ0n) is 8.37. The molecular weight excluding hydrogens is 277 g/mol. The molecule has 1 N–H and O–H groups in total. The van der Waals surface area contributed by atoms with Gasteiger partial charge in [0.2, 0.25) is 0 Å². The van der Waals surface area contributed by atoms with E-state index in [4.69, 9.17) is 4.79 Å². The zero-order valence-corrected chi connectivity index (χ0v) is 10.1. The van der Waals surface area contributed by atoms with E-state index in [1.807, 2.05) is 31.1 Å². The summed E-state index contributed by atoms with van der Waals surface area (Å²) in [5, 5.41) is 9.83. The van der Waals surface area contributed by atoms with Gasteiger partial charge in [0.25, 0.3) is 0 Å². The normalized spacial score (nSPS) is 16.7. The van der Waals surface area contributed by atoms with Crippen LogP contribution in [0.25, 0.3) is 0 Å². The van der Waals surface area contributed by atoms with E-state index < -0.39 is 0 Å². The Kier molecular flexibility index (Phi) is 7.10. The van der Waals surface area contributed by atoms with E-state index in [1.54, 1.807) is 0 Å². The molecule has 0 saturated heterocycles. The first-order chi connectivity index (χ1) is 6.88. The minimum Gasteiger partial charge on any atom is -0.384 e. The second kappa shape index (κ2) is 7.50. The molecule has 0 aromatic rings. The molecule has 15 heavy (non-hydrogen) atoms. The van der Waals surface area contributed by atoms with Crippen molar-refractivity contribution in [3.05, 3.63) is 47.6 Å². The molecule has 0 aromatic carbocycles. The summed E-state index contributed by atoms with van der Waals surface area (Å²) in [6.07, 6.45) is 13.6. The van der Waals surface area contributed by atoms with Gasteiger partial charge in [0.15, 0.2) is 0 Å². The average molecular weight is 291 g/mol. The Morgan fingerprint density at radius 2 is 1.47 bits per heavy atom. The van der Waals surface area contributed by atoms with Crippen LogP contribution in [0.2, 0.25) is 0 Å². The van der Waals surface area contributed by atoms with Crippen molar-refractivity contribution in [1.82, 2.24) is 0 Å². The largest absolute Gasteiger partial charge is 0.384 e. The first-order valence-electron chi connectivity index (χ1n) is 4.56. The monoisotopic (exact) mass is 292 g/mol. The molecule has 0 radical (unpaired) electrons. The van der Waals surface area contributed by atoms with Crippen LogP contribution in [0, 0.1) is 0 Å².